The third-order valence-electron chi connectivity index (χ3n) is 4.51. The molecule has 0 radical (unpaired) electrons. The van der Waals surface area contributed by atoms with Gasteiger partial charge in [0.1, 0.15) is 0 Å². The number of hydrogen-bond acceptors (Lipinski definition) is 5. The molecule has 2 aromatic rings. The third kappa shape index (κ3) is 4.17. The third-order valence-corrected chi connectivity index (χ3v) is 4.51. The summed E-state index contributed by atoms with van der Waals surface area (Å²) >= 11 is 0. The largest absolute Gasteiger partial charge is 0.352 e. The summed E-state index contributed by atoms with van der Waals surface area (Å²) in [7, 11) is 0. The van der Waals surface area contributed by atoms with Gasteiger partial charge in [-0.3, -0.25) is 9.59 Å². The van der Waals surface area contributed by atoms with E-state index in [0.717, 1.165) is 12.1 Å². The van der Waals surface area contributed by atoms with Crippen LogP contribution < -0.4 is 10.2 Å². The number of anilines is 2. The molecule has 3 rings (SSSR count). The van der Waals surface area contributed by atoms with Crippen molar-refractivity contribution in [3.8, 4) is 0 Å². The predicted octanol–water partition coefficient (Wildman–Crippen LogP) is 2.13. The van der Waals surface area contributed by atoms with E-state index in [9.17, 15) is 9.59 Å². The molecule has 2 amide bonds. The van der Waals surface area contributed by atoms with Crippen molar-refractivity contribution < 1.29 is 9.59 Å². The van der Waals surface area contributed by atoms with Crippen molar-refractivity contribution >= 4 is 23.8 Å². The Bertz CT molecular complexity index is 751. The standard InChI is InChI=1S/C19H23N5O2/c1-14(2)15-3-5-16(6-4-15)20-19(26)17-7-8-18(22-21-17)24-11-9-23(13-25)10-12-24/h3-8,13-14H,9-12H2,1-2H3,(H,20,26). The number of piperazine rings is 1. The zero-order chi connectivity index (χ0) is 18.5. The van der Waals surface area contributed by atoms with Gasteiger partial charge in [0, 0.05) is 31.9 Å². The van der Waals surface area contributed by atoms with Crippen molar-refractivity contribution in [1.82, 2.24) is 15.1 Å². The van der Waals surface area contributed by atoms with Crippen LogP contribution in [0.4, 0.5) is 11.5 Å². The fraction of sp³-hybridized carbons (Fsp3) is 0.368. The zero-order valence-corrected chi connectivity index (χ0v) is 15.1. The highest BCUT2D eigenvalue weighted by atomic mass is 16.2. The van der Waals surface area contributed by atoms with E-state index in [4.69, 9.17) is 0 Å². The van der Waals surface area contributed by atoms with Gasteiger partial charge in [0.15, 0.2) is 11.5 Å². The Morgan fingerprint density at radius 1 is 1.04 bits per heavy atom. The van der Waals surface area contributed by atoms with Crippen LogP contribution in [0.3, 0.4) is 0 Å². The van der Waals surface area contributed by atoms with Crippen molar-refractivity contribution in [2.75, 3.05) is 36.4 Å². The minimum atomic E-state index is -0.285. The van der Waals surface area contributed by atoms with E-state index in [2.05, 4.69) is 34.3 Å². The molecule has 136 valence electrons. The van der Waals surface area contributed by atoms with Gasteiger partial charge >= 0.3 is 0 Å². The van der Waals surface area contributed by atoms with Gasteiger partial charge in [0.25, 0.3) is 5.91 Å². The number of amides is 2. The van der Waals surface area contributed by atoms with Crippen molar-refractivity contribution in [3.63, 3.8) is 0 Å². The van der Waals surface area contributed by atoms with Gasteiger partial charge in [-0.05, 0) is 35.7 Å². The van der Waals surface area contributed by atoms with E-state index in [1.54, 1.807) is 17.0 Å². The van der Waals surface area contributed by atoms with Crippen molar-refractivity contribution in [1.29, 1.82) is 0 Å². The number of rotatable bonds is 5. The Labute approximate surface area is 153 Å². The molecule has 0 aliphatic carbocycles. The summed E-state index contributed by atoms with van der Waals surface area (Å²) in [5.41, 5.74) is 2.23. The van der Waals surface area contributed by atoms with E-state index in [0.29, 0.717) is 37.9 Å². The number of nitrogens with one attached hydrogen (secondary N) is 1. The van der Waals surface area contributed by atoms with Crippen LogP contribution in [0.25, 0.3) is 0 Å². The molecular weight excluding hydrogens is 330 g/mol. The lowest BCUT2D eigenvalue weighted by molar-refractivity contribution is -0.118. The van der Waals surface area contributed by atoms with Crippen LogP contribution in [0.5, 0.6) is 0 Å². The van der Waals surface area contributed by atoms with Gasteiger partial charge in [-0.15, -0.1) is 10.2 Å². The van der Waals surface area contributed by atoms with Gasteiger partial charge in [-0.25, -0.2) is 0 Å². The maximum atomic E-state index is 12.3. The fourth-order valence-electron chi connectivity index (χ4n) is 2.82. The summed E-state index contributed by atoms with van der Waals surface area (Å²) in [5.74, 6) is 0.882. The normalized spacial score (nSPS) is 14.4. The van der Waals surface area contributed by atoms with Gasteiger partial charge in [0.05, 0.1) is 0 Å². The van der Waals surface area contributed by atoms with Crippen LogP contribution in [-0.2, 0) is 4.79 Å². The average Bonchev–Trinajstić information content (AvgIpc) is 2.68. The first-order valence-electron chi connectivity index (χ1n) is 8.76. The van der Waals surface area contributed by atoms with Crippen molar-refractivity contribution in [2.24, 2.45) is 0 Å². The fourth-order valence-corrected chi connectivity index (χ4v) is 2.82. The molecule has 1 saturated heterocycles. The topological polar surface area (TPSA) is 78.4 Å². The molecule has 0 spiro atoms. The highest BCUT2D eigenvalue weighted by Gasteiger charge is 2.17. The molecule has 0 atom stereocenters. The SMILES string of the molecule is CC(C)c1ccc(NC(=O)c2ccc(N3CCN(C=O)CC3)nn2)cc1. The minimum absolute atomic E-state index is 0.271. The molecule has 1 aromatic carbocycles. The lowest BCUT2D eigenvalue weighted by Gasteiger charge is -2.32. The van der Waals surface area contributed by atoms with Crippen LogP contribution in [0.1, 0.15) is 35.8 Å². The number of carbonyl (C=O) groups is 2. The maximum absolute atomic E-state index is 12.3. The van der Waals surface area contributed by atoms with Gasteiger partial charge < -0.3 is 15.1 Å². The highest BCUT2D eigenvalue weighted by Crippen LogP contribution is 2.18. The number of hydrogen-bond donors (Lipinski definition) is 1. The lowest BCUT2D eigenvalue weighted by Crippen LogP contribution is -2.46. The summed E-state index contributed by atoms with van der Waals surface area (Å²) in [6.45, 7) is 7.01. The molecule has 0 unspecified atom stereocenters. The molecule has 1 aliphatic heterocycles. The summed E-state index contributed by atoms with van der Waals surface area (Å²) < 4.78 is 0. The van der Waals surface area contributed by atoms with E-state index < -0.39 is 0 Å². The first-order valence-corrected chi connectivity index (χ1v) is 8.76. The number of benzene rings is 1. The number of carbonyl (C=O) groups excluding carboxylic acids is 2. The average molecular weight is 353 g/mol. The van der Waals surface area contributed by atoms with E-state index in [-0.39, 0.29) is 11.6 Å². The predicted molar refractivity (Wildman–Crippen MR) is 100 cm³/mol. The quantitative estimate of drug-likeness (QED) is 0.833. The van der Waals surface area contributed by atoms with Gasteiger partial charge in [0.2, 0.25) is 6.41 Å². The second-order valence-electron chi connectivity index (χ2n) is 6.64. The molecule has 2 heterocycles. The minimum Gasteiger partial charge on any atom is -0.352 e. The van der Waals surface area contributed by atoms with Crippen LogP contribution in [-0.4, -0.2) is 53.6 Å². The molecule has 1 aromatic heterocycles. The number of nitrogens with zero attached hydrogens (tertiary/aromatic N) is 4. The second-order valence-corrected chi connectivity index (χ2v) is 6.64. The van der Waals surface area contributed by atoms with Crippen LogP contribution in [0.15, 0.2) is 36.4 Å². The molecule has 7 heteroatoms. The molecule has 0 saturated carbocycles. The maximum Gasteiger partial charge on any atom is 0.276 e. The first-order chi connectivity index (χ1) is 12.6. The van der Waals surface area contributed by atoms with Gasteiger partial charge in [-0.2, -0.15) is 0 Å². The molecule has 0 bridgehead atoms. The molecule has 1 N–H and O–H groups in total. The number of aromatic nitrogens is 2. The van der Waals surface area contributed by atoms with Crippen molar-refractivity contribution in [2.45, 2.75) is 19.8 Å². The Morgan fingerprint density at radius 2 is 1.73 bits per heavy atom. The van der Waals surface area contributed by atoms with Crippen LogP contribution >= 0.6 is 0 Å². The highest BCUT2D eigenvalue weighted by molar-refractivity contribution is 6.02. The summed E-state index contributed by atoms with van der Waals surface area (Å²) in [4.78, 5) is 26.9. The first kappa shape index (κ1) is 17.8. The smallest absolute Gasteiger partial charge is 0.276 e. The summed E-state index contributed by atoms with van der Waals surface area (Å²) in [6, 6.07) is 11.3. The Kier molecular flexibility index (Phi) is 5.46. The molecule has 1 fully saturated rings. The van der Waals surface area contributed by atoms with Crippen LogP contribution in [0, 0.1) is 0 Å². The van der Waals surface area contributed by atoms with Crippen LogP contribution in [0.2, 0.25) is 0 Å². The van der Waals surface area contributed by atoms with E-state index in [1.807, 2.05) is 24.3 Å². The lowest BCUT2D eigenvalue weighted by atomic mass is 10.0. The monoisotopic (exact) mass is 353 g/mol. The Balaban J connectivity index is 1.61. The molecule has 1 aliphatic rings. The van der Waals surface area contributed by atoms with Gasteiger partial charge in [-0.1, -0.05) is 26.0 Å². The molecule has 7 nitrogen and oxygen atoms in total. The Hall–Kier alpha value is -2.96. The second kappa shape index (κ2) is 7.95. The Morgan fingerprint density at radius 3 is 2.27 bits per heavy atom. The summed E-state index contributed by atoms with van der Waals surface area (Å²) in [5, 5.41) is 11.0. The summed E-state index contributed by atoms with van der Waals surface area (Å²) in [6.07, 6.45) is 0.865. The molecule has 26 heavy (non-hydrogen) atoms. The van der Waals surface area contributed by atoms with E-state index in [1.165, 1.54) is 5.56 Å². The molecular formula is C19H23N5O2. The zero-order valence-electron chi connectivity index (χ0n) is 15.1. The van der Waals surface area contributed by atoms with E-state index >= 15 is 0 Å². The van der Waals surface area contributed by atoms with Crippen molar-refractivity contribution in [3.05, 3.63) is 47.7 Å².